The van der Waals surface area contributed by atoms with Crippen molar-refractivity contribution in [2.45, 2.75) is 20.8 Å². The molecule has 6 nitrogen and oxygen atoms in total. The highest BCUT2D eigenvalue weighted by Crippen LogP contribution is 2.18. The van der Waals surface area contributed by atoms with Crippen LogP contribution >= 0.6 is 11.6 Å². The second kappa shape index (κ2) is 8.92. The Balaban J connectivity index is 1.68. The molecule has 0 radical (unpaired) electrons. The third kappa shape index (κ3) is 5.03. The first-order valence-corrected chi connectivity index (χ1v) is 9.58. The number of amides is 1. The largest absolute Gasteiger partial charge is 0.491 e. The van der Waals surface area contributed by atoms with Gasteiger partial charge in [-0.25, -0.2) is 4.68 Å². The van der Waals surface area contributed by atoms with Crippen LogP contribution in [0.4, 0.5) is 0 Å². The van der Waals surface area contributed by atoms with Crippen molar-refractivity contribution in [2.75, 3.05) is 13.2 Å². The van der Waals surface area contributed by atoms with E-state index in [9.17, 15) is 9.59 Å². The molecule has 1 N–H and O–H groups in total. The predicted octanol–water partition coefficient (Wildman–Crippen LogP) is 3.62. The van der Waals surface area contributed by atoms with Gasteiger partial charge in [-0.05, 0) is 56.7 Å². The molecule has 3 rings (SSSR count). The zero-order chi connectivity index (χ0) is 21.0. The fourth-order valence-electron chi connectivity index (χ4n) is 2.92. The molecular formula is C22H22ClN3O3. The number of ether oxygens (including phenoxy) is 1. The number of aromatic nitrogens is 2. The maximum absolute atomic E-state index is 12.5. The molecule has 0 spiro atoms. The molecule has 150 valence electrons. The molecule has 0 unspecified atom stereocenters. The van der Waals surface area contributed by atoms with Crippen LogP contribution in [-0.2, 0) is 0 Å². The number of carbonyl (C=O) groups is 1. The summed E-state index contributed by atoms with van der Waals surface area (Å²) in [6, 6.07) is 14.3. The van der Waals surface area contributed by atoms with Gasteiger partial charge in [0, 0.05) is 16.8 Å². The van der Waals surface area contributed by atoms with Crippen molar-refractivity contribution in [3.63, 3.8) is 0 Å². The summed E-state index contributed by atoms with van der Waals surface area (Å²) < 4.78 is 7.24. The highest BCUT2D eigenvalue weighted by Gasteiger charge is 2.15. The van der Waals surface area contributed by atoms with Crippen LogP contribution in [-0.4, -0.2) is 28.8 Å². The quantitative estimate of drug-likeness (QED) is 0.629. The minimum absolute atomic E-state index is 0.169. The molecule has 0 atom stereocenters. The first-order chi connectivity index (χ1) is 13.8. The molecule has 1 amide bonds. The Hall–Kier alpha value is -3.12. The van der Waals surface area contributed by atoms with Gasteiger partial charge in [0.2, 0.25) is 5.43 Å². The summed E-state index contributed by atoms with van der Waals surface area (Å²) in [4.78, 5) is 24.7. The third-order valence-corrected chi connectivity index (χ3v) is 4.62. The van der Waals surface area contributed by atoms with E-state index in [1.54, 1.807) is 35.9 Å². The molecule has 29 heavy (non-hydrogen) atoms. The molecule has 0 bridgehead atoms. The average Bonchev–Trinajstić information content (AvgIpc) is 2.67. The van der Waals surface area contributed by atoms with E-state index in [1.165, 1.54) is 6.07 Å². The van der Waals surface area contributed by atoms with E-state index >= 15 is 0 Å². The number of carbonyl (C=O) groups excluding carboxylic acids is 1. The molecule has 2 aromatic carbocycles. The van der Waals surface area contributed by atoms with Gasteiger partial charge in [-0.1, -0.05) is 29.3 Å². The van der Waals surface area contributed by atoms with Gasteiger partial charge in [0.15, 0.2) is 5.69 Å². The molecule has 0 aliphatic rings. The van der Waals surface area contributed by atoms with Crippen LogP contribution in [0.25, 0.3) is 5.69 Å². The molecule has 0 saturated carbocycles. The van der Waals surface area contributed by atoms with Crippen LogP contribution in [0.2, 0.25) is 5.02 Å². The SMILES string of the molecule is Cc1ccc(OCCNC(=O)c2nn(-c3ccc(Cl)cc3)c(C)cc2=O)c(C)c1. The molecule has 0 aliphatic carbocycles. The van der Waals surface area contributed by atoms with Gasteiger partial charge >= 0.3 is 0 Å². The fourth-order valence-corrected chi connectivity index (χ4v) is 3.04. The zero-order valence-electron chi connectivity index (χ0n) is 16.5. The predicted molar refractivity (Wildman–Crippen MR) is 113 cm³/mol. The molecule has 0 aliphatic heterocycles. The Morgan fingerprint density at radius 2 is 1.83 bits per heavy atom. The van der Waals surface area contributed by atoms with Gasteiger partial charge in [-0.15, -0.1) is 0 Å². The second-order valence-electron chi connectivity index (χ2n) is 6.76. The van der Waals surface area contributed by atoms with E-state index in [4.69, 9.17) is 16.3 Å². The lowest BCUT2D eigenvalue weighted by Gasteiger charge is -2.12. The molecule has 0 saturated heterocycles. The number of nitrogens with one attached hydrogen (secondary N) is 1. The summed E-state index contributed by atoms with van der Waals surface area (Å²) in [6.07, 6.45) is 0. The smallest absolute Gasteiger partial charge is 0.275 e. The molecule has 0 fully saturated rings. The lowest BCUT2D eigenvalue weighted by Crippen LogP contribution is -2.34. The molecule has 3 aromatic rings. The molecule has 1 heterocycles. The fraction of sp³-hybridized carbons (Fsp3) is 0.227. The number of aryl methyl sites for hydroxylation is 3. The summed E-state index contributed by atoms with van der Waals surface area (Å²) in [5.41, 5.74) is 2.91. The number of nitrogens with zero attached hydrogens (tertiary/aromatic N) is 2. The van der Waals surface area contributed by atoms with Crippen LogP contribution in [0.1, 0.15) is 27.3 Å². The highest BCUT2D eigenvalue weighted by atomic mass is 35.5. The van der Waals surface area contributed by atoms with Crippen LogP contribution in [0.3, 0.4) is 0 Å². The van der Waals surface area contributed by atoms with Crippen LogP contribution in [0.15, 0.2) is 53.3 Å². The van der Waals surface area contributed by atoms with E-state index in [0.717, 1.165) is 16.9 Å². The van der Waals surface area contributed by atoms with Crippen LogP contribution in [0.5, 0.6) is 5.75 Å². The van der Waals surface area contributed by atoms with Gasteiger partial charge in [-0.3, -0.25) is 9.59 Å². The zero-order valence-corrected chi connectivity index (χ0v) is 17.3. The lowest BCUT2D eigenvalue weighted by atomic mass is 10.1. The van der Waals surface area contributed by atoms with Crippen molar-refractivity contribution in [2.24, 2.45) is 0 Å². The topological polar surface area (TPSA) is 73.2 Å². The Bertz CT molecular complexity index is 1090. The summed E-state index contributed by atoms with van der Waals surface area (Å²) in [6.45, 7) is 6.27. The van der Waals surface area contributed by atoms with Crippen molar-refractivity contribution in [1.29, 1.82) is 0 Å². The van der Waals surface area contributed by atoms with Gasteiger partial charge < -0.3 is 10.1 Å². The highest BCUT2D eigenvalue weighted by molar-refractivity contribution is 6.30. The van der Waals surface area contributed by atoms with Gasteiger partial charge in [0.25, 0.3) is 5.91 Å². The summed E-state index contributed by atoms with van der Waals surface area (Å²) >= 11 is 5.92. The van der Waals surface area contributed by atoms with E-state index in [-0.39, 0.29) is 18.8 Å². The third-order valence-electron chi connectivity index (χ3n) is 4.37. The Labute approximate surface area is 174 Å². The summed E-state index contributed by atoms with van der Waals surface area (Å²) in [7, 11) is 0. The minimum atomic E-state index is -0.540. The Morgan fingerprint density at radius 3 is 2.52 bits per heavy atom. The Morgan fingerprint density at radius 1 is 1.10 bits per heavy atom. The maximum atomic E-state index is 12.5. The van der Waals surface area contributed by atoms with Crippen LogP contribution in [0, 0.1) is 20.8 Å². The molecular weight excluding hydrogens is 390 g/mol. The first kappa shape index (κ1) is 20.6. The van der Waals surface area contributed by atoms with Gasteiger partial charge in [-0.2, -0.15) is 5.10 Å². The number of hydrogen-bond acceptors (Lipinski definition) is 4. The normalized spacial score (nSPS) is 10.6. The number of benzene rings is 2. The lowest BCUT2D eigenvalue weighted by molar-refractivity contribution is 0.0939. The number of hydrogen-bond donors (Lipinski definition) is 1. The summed E-state index contributed by atoms with van der Waals surface area (Å²) in [5.74, 6) is 0.227. The number of rotatable bonds is 6. The van der Waals surface area contributed by atoms with E-state index < -0.39 is 11.3 Å². The van der Waals surface area contributed by atoms with Gasteiger partial charge in [0.1, 0.15) is 12.4 Å². The van der Waals surface area contributed by atoms with Gasteiger partial charge in [0.05, 0.1) is 12.2 Å². The van der Waals surface area contributed by atoms with Crippen molar-refractivity contribution in [1.82, 2.24) is 15.1 Å². The Kier molecular flexibility index (Phi) is 6.34. The van der Waals surface area contributed by atoms with Crippen molar-refractivity contribution in [3.05, 3.63) is 86.3 Å². The molecule has 7 heteroatoms. The van der Waals surface area contributed by atoms with Crippen LogP contribution < -0.4 is 15.5 Å². The standard InChI is InChI=1S/C22H22ClN3O3/c1-14-4-9-20(15(2)12-14)29-11-10-24-22(28)21-19(27)13-16(3)26(25-21)18-7-5-17(23)6-8-18/h4-9,12-13H,10-11H2,1-3H3,(H,24,28). The molecule has 1 aromatic heterocycles. The van der Waals surface area contributed by atoms with E-state index in [1.807, 2.05) is 32.0 Å². The minimum Gasteiger partial charge on any atom is -0.491 e. The second-order valence-corrected chi connectivity index (χ2v) is 7.20. The monoisotopic (exact) mass is 411 g/mol. The number of halogens is 1. The van der Waals surface area contributed by atoms with Crippen molar-refractivity contribution < 1.29 is 9.53 Å². The van der Waals surface area contributed by atoms with Crippen molar-refractivity contribution >= 4 is 17.5 Å². The summed E-state index contributed by atoms with van der Waals surface area (Å²) in [5, 5.41) is 7.52. The maximum Gasteiger partial charge on any atom is 0.275 e. The van der Waals surface area contributed by atoms with E-state index in [0.29, 0.717) is 16.4 Å². The average molecular weight is 412 g/mol. The van der Waals surface area contributed by atoms with Crippen molar-refractivity contribution in [3.8, 4) is 11.4 Å². The van der Waals surface area contributed by atoms with E-state index in [2.05, 4.69) is 10.4 Å². The first-order valence-electron chi connectivity index (χ1n) is 9.20.